The topological polar surface area (TPSA) is 3.24 Å². The molecule has 1 rings (SSSR count). The molecule has 0 aromatic rings. The molecule has 35 valence electrons. The maximum absolute atomic E-state index is 11.7. The maximum atomic E-state index is 11.7. The van der Waals surface area contributed by atoms with E-state index in [0.29, 0.717) is 13.1 Å². The highest BCUT2D eigenvalue weighted by Crippen LogP contribution is 2.07. The zero-order valence-corrected chi connectivity index (χ0v) is 3.52. The molecule has 1 aliphatic rings. The quantitative estimate of drug-likeness (QED) is 0.415. The van der Waals surface area contributed by atoms with Gasteiger partial charge in [-0.25, -0.2) is 4.39 Å². The van der Waals surface area contributed by atoms with Gasteiger partial charge in [0.15, 0.2) is 0 Å². The van der Waals surface area contributed by atoms with Crippen LogP contribution in [0.4, 0.5) is 4.39 Å². The smallest absolute Gasteiger partial charge is 0.125 e. The first kappa shape index (κ1) is 4.06. The zero-order valence-electron chi connectivity index (χ0n) is 3.52. The van der Waals surface area contributed by atoms with Gasteiger partial charge in [-0.05, 0) is 0 Å². The Morgan fingerprint density at radius 1 is 1.67 bits per heavy atom. The number of alkyl halides is 1. The van der Waals surface area contributed by atoms with Gasteiger partial charge in [-0.1, -0.05) is 0 Å². The number of hydrogen-bond donors (Lipinski definition) is 0. The van der Waals surface area contributed by atoms with E-state index in [4.69, 9.17) is 0 Å². The van der Waals surface area contributed by atoms with Crippen LogP contribution in [-0.2, 0) is 0 Å². The van der Waals surface area contributed by atoms with E-state index in [1.54, 1.807) is 4.90 Å². The van der Waals surface area contributed by atoms with Gasteiger partial charge >= 0.3 is 0 Å². The average molecular weight is 88.1 g/mol. The SMILES string of the molecule is [CH2]N1CC(F)C1. The summed E-state index contributed by atoms with van der Waals surface area (Å²) in [6, 6.07) is 0. The molecule has 0 aromatic heterocycles. The molecule has 2 heteroatoms. The number of rotatable bonds is 0. The largest absolute Gasteiger partial charge is 0.296 e. The molecule has 1 nitrogen and oxygen atoms in total. The lowest BCUT2D eigenvalue weighted by atomic mass is 10.2. The second-order valence-corrected chi connectivity index (χ2v) is 1.63. The van der Waals surface area contributed by atoms with E-state index in [1.165, 1.54) is 0 Å². The van der Waals surface area contributed by atoms with Crippen LogP contribution in [0.25, 0.3) is 0 Å². The van der Waals surface area contributed by atoms with Crippen molar-refractivity contribution >= 4 is 0 Å². The van der Waals surface area contributed by atoms with Crippen LogP contribution in [0.2, 0.25) is 0 Å². The lowest BCUT2D eigenvalue weighted by Crippen LogP contribution is -2.43. The predicted molar refractivity (Wildman–Crippen MR) is 21.8 cm³/mol. The number of likely N-dealkylation sites (tertiary alicyclic amines) is 1. The summed E-state index contributed by atoms with van der Waals surface area (Å²) < 4.78 is 11.7. The van der Waals surface area contributed by atoms with E-state index in [-0.39, 0.29) is 0 Å². The first-order chi connectivity index (χ1) is 2.79. The molecule has 0 spiro atoms. The molecular formula is C4H7FN. The lowest BCUT2D eigenvalue weighted by Gasteiger charge is -2.29. The zero-order chi connectivity index (χ0) is 4.57. The standard InChI is InChI=1S/C4H7FN/c1-6-2-4(5)3-6/h4H,1-3H2. The van der Waals surface area contributed by atoms with Gasteiger partial charge in [0.2, 0.25) is 0 Å². The number of halogens is 1. The summed E-state index contributed by atoms with van der Waals surface area (Å²) in [7, 11) is 3.49. The summed E-state index contributed by atoms with van der Waals surface area (Å²) >= 11 is 0. The molecule has 6 heavy (non-hydrogen) atoms. The molecule has 0 saturated carbocycles. The summed E-state index contributed by atoms with van der Waals surface area (Å²) in [6.45, 7) is 1.06. The minimum atomic E-state index is -0.595. The van der Waals surface area contributed by atoms with E-state index in [0.717, 1.165) is 0 Å². The monoisotopic (exact) mass is 88.1 g/mol. The van der Waals surface area contributed by atoms with Gasteiger partial charge in [-0.15, -0.1) is 0 Å². The van der Waals surface area contributed by atoms with E-state index < -0.39 is 6.17 Å². The molecule has 0 aromatic carbocycles. The van der Waals surface area contributed by atoms with Crippen molar-refractivity contribution in [2.24, 2.45) is 0 Å². The first-order valence-electron chi connectivity index (χ1n) is 1.98. The highest BCUT2D eigenvalue weighted by Gasteiger charge is 2.21. The van der Waals surface area contributed by atoms with Crippen molar-refractivity contribution in [2.45, 2.75) is 6.17 Å². The fourth-order valence-corrected chi connectivity index (χ4v) is 0.507. The molecule has 0 aliphatic carbocycles. The van der Waals surface area contributed by atoms with Gasteiger partial charge in [-0.2, -0.15) is 0 Å². The normalized spacial score (nSPS) is 27.0. The molecule has 1 heterocycles. The van der Waals surface area contributed by atoms with Gasteiger partial charge in [0.1, 0.15) is 6.17 Å². The summed E-state index contributed by atoms with van der Waals surface area (Å²) in [5.74, 6) is 0. The van der Waals surface area contributed by atoms with Crippen molar-refractivity contribution in [2.75, 3.05) is 13.1 Å². The van der Waals surface area contributed by atoms with E-state index in [2.05, 4.69) is 7.05 Å². The molecular weight excluding hydrogens is 81.0 g/mol. The molecule has 1 aliphatic heterocycles. The first-order valence-corrected chi connectivity index (χ1v) is 1.98. The second-order valence-electron chi connectivity index (χ2n) is 1.63. The Morgan fingerprint density at radius 2 is 2.17 bits per heavy atom. The fourth-order valence-electron chi connectivity index (χ4n) is 0.507. The Balaban J connectivity index is 2.11. The van der Waals surface area contributed by atoms with Crippen LogP contribution in [0.1, 0.15) is 0 Å². The Kier molecular flexibility index (Phi) is 0.804. The number of hydrogen-bond acceptors (Lipinski definition) is 1. The summed E-state index contributed by atoms with van der Waals surface area (Å²) in [4.78, 5) is 1.70. The summed E-state index contributed by atoms with van der Waals surface area (Å²) in [5.41, 5.74) is 0. The van der Waals surface area contributed by atoms with Gasteiger partial charge in [-0.3, -0.25) is 4.90 Å². The van der Waals surface area contributed by atoms with Crippen molar-refractivity contribution < 1.29 is 4.39 Å². The van der Waals surface area contributed by atoms with Crippen LogP contribution >= 0.6 is 0 Å². The summed E-state index contributed by atoms with van der Waals surface area (Å²) in [6.07, 6.45) is -0.595. The third kappa shape index (κ3) is 0.522. The lowest BCUT2D eigenvalue weighted by molar-refractivity contribution is 0.108. The molecule has 1 saturated heterocycles. The van der Waals surface area contributed by atoms with E-state index in [9.17, 15) is 4.39 Å². The van der Waals surface area contributed by atoms with Crippen LogP contribution in [0.3, 0.4) is 0 Å². The Labute approximate surface area is 36.8 Å². The van der Waals surface area contributed by atoms with Crippen LogP contribution in [0.15, 0.2) is 0 Å². The van der Waals surface area contributed by atoms with Crippen LogP contribution in [0.5, 0.6) is 0 Å². The Hall–Kier alpha value is -0.110. The fraction of sp³-hybridized carbons (Fsp3) is 0.750. The van der Waals surface area contributed by atoms with Gasteiger partial charge in [0, 0.05) is 20.1 Å². The molecule has 0 N–H and O–H groups in total. The minimum absolute atomic E-state index is 0.528. The van der Waals surface area contributed by atoms with Crippen molar-refractivity contribution in [1.82, 2.24) is 4.90 Å². The molecule has 1 radical (unpaired) electrons. The third-order valence-corrected chi connectivity index (χ3v) is 0.913. The minimum Gasteiger partial charge on any atom is -0.296 e. The van der Waals surface area contributed by atoms with Crippen molar-refractivity contribution in [3.05, 3.63) is 7.05 Å². The Bertz CT molecular complexity index is 43.5. The van der Waals surface area contributed by atoms with Crippen molar-refractivity contribution in [1.29, 1.82) is 0 Å². The van der Waals surface area contributed by atoms with Crippen LogP contribution in [0, 0.1) is 7.05 Å². The Morgan fingerprint density at radius 3 is 2.17 bits per heavy atom. The molecule has 0 atom stereocenters. The van der Waals surface area contributed by atoms with Crippen LogP contribution in [-0.4, -0.2) is 24.2 Å². The number of nitrogens with zero attached hydrogens (tertiary/aromatic N) is 1. The van der Waals surface area contributed by atoms with E-state index in [1.807, 2.05) is 0 Å². The highest BCUT2D eigenvalue weighted by atomic mass is 19.1. The van der Waals surface area contributed by atoms with Gasteiger partial charge in [0.05, 0.1) is 0 Å². The molecule has 0 unspecified atom stereocenters. The summed E-state index contributed by atoms with van der Waals surface area (Å²) in [5, 5.41) is 0. The van der Waals surface area contributed by atoms with Gasteiger partial charge < -0.3 is 0 Å². The predicted octanol–water partition coefficient (Wildman–Crippen LogP) is 0.432. The highest BCUT2D eigenvalue weighted by molar-refractivity contribution is 4.77. The molecule has 1 fully saturated rings. The van der Waals surface area contributed by atoms with Crippen molar-refractivity contribution in [3.63, 3.8) is 0 Å². The van der Waals surface area contributed by atoms with Gasteiger partial charge in [0.25, 0.3) is 0 Å². The second kappa shape index (κ2) is 1.19. The molecule has 0 bridgehead atoms. The molecule has 0 amide bonds. The maximum Gasteiger partial charge on any atom is 0.125 e. The van der Waals surface area contributed by atoms with Crippen molar-refractivity contribution in [3.8, 4) is 0 Å². The van der Waals surface area contributed by atoms with Crippen LogP contribution < -0.4 is 0 Å². The third-order valence-electron chi connectivity index (χ3n) is 0.913. The average Bonchev–Trinajstić information content (AvgIpc) is 1.33. The van der Waals surface area contributed by atoms with E-state index >= 15 is 0 Å².